The Bertz CT molecular complexity index is 1790. The van der Waals surface area contributed by atoms with E-state index in [0.717, 1.165) is 5.57 Å². The molecule has 2 bridgehead atoms. The summed E-state index contributed by atoms with van der Waals surface area (Å²) in [4.78, 5) is 71.8. The molecule has 4 N–H and O–H groups in total. The molecular weight excluding hydrogens is 851 g/mol. The molecule has 0 spiro atoms. The first kappa shape index (κ1) is 55.2. The Balaban J connectivity index is 1.72. The van der Waals surface area contributed by atoms with Gasteiger partial charge in [-0.05, 0) is 94.6 Å². The highest BCUT2D eigenvalue weighted by Gasteiger charge is 2.53. The van der Waals surface area contributed by atoms with Crippen molar-refractivity contribution >= 4 is 29.2 Å². The van der Waals surface area contributed by atoms with Gasteiger partial charge in [-0.3, -0.25) is 19.2 Å². The number of esters is 1. The van der Waals surface area contributed by atoms with Crippen molar-refractivity contribution < 1.29 is 68.1 Å². The lowest BCUT2D eigenvalue weighted by atomic mass is 9.78. The summed E-state index contributed by atoms with van der Waals surface area (Å²) < 4.78 is 29.2. The van der Waals surface area contributed by atoms with Gasteiger partial charge in [0.2, 0.25) is 5.79 Å². The van der Waals surface area contributed by atoms with Crippen molar-refractivity contribution in [3.63, 3.8) is 0 Å². The summed E-state index contributed by atoms with van der Waals surface area (Å²) in [6.07, 6.45) is 8.21. The molecule has 1 aliphatic carbocycles. The number of rotatable bonds is 6. The Kier molecular flexibility index (Phi) is 21.1. The van der Waals surface area contributed by atoms with Gasteiger partial charge < -0.3 is 49.0 Å². The number of carbonyl (C=O) groups excluding carboxylic acids is 5. The van der Waals surface area contributed by atoms with Crippen molar-refractivity contribution in [2.45, 2.75) is 180 Å². The van der Waals surface area contributed by atoms with E-state index in [-0.39, 0.29) is 49.5 Å². The summed E-state index contributed by atoms with van der Waals surface area (Å²) >= 11 is 0. The minimum atomic E-state index is -2.45. The van der Waals surface area contributed by atoms with Crippen LogP contribution in [0.5, 0.6) is 0 Å². The van der Waals surface area contributed by atoms with Gasteiger partial charge in [0, 0.05) is 64.4 Å². The first-order valence-corrected chi connectivity index (χ1v) is 24.0. The summed E-state index contributed by atoms with van der Waals surface area (Å²) in [5, 5.41) is 45.1. The lowest BCUT2D eigenvalue weighted by Gasteiger charge is -2.42. The molecule has 0 aromatic carbocycles. The highest BCUT2D eigenvalue weighted by atomic mass is 16.6. The lowest BCUT2D eigenvalue weighted by molar-refractivity contribution is -0.265. The van der Waals surface area contributed by atoms with E-state index in [1.807, 2.05) is 19.9 Å². The molecule has 372 valence electrons. The fourth-order valence-corrected chi connectivity index (χ4v) is 10.1. The third-order valence-electron chi connectivity index (χ3n) is 14.7. The first-order chi connectivity index (χ1) is 31.2. The molecule has 3 unspecified atom stereocenters. The van der Waals surface area contributed by atoms with Crippen LogP contribution in [-0.2, 0) is 47.7 Å². The number of carbonyl (C=O) groups is 5. The minimum absolute atomic E-state index is 0.0731. The molecule has 0 aromatic heterocycles. The minimum Gasteiger partial charge on any atom is -0.460 e. The molecular formula is C51H79NO14. The molecule has 1 saturated carbocycles. The quantitative estimate of drug-likeness (QED) is 0.154. The van der Waals surface area contributed by atoms with Gasteiger partial charge in [-0.2, -0.15) is 0 Å². The van der Waals surface area contributed by atoms with Gasteiger partial charge in [0.15, 0.2) is 5.78 Å². The van der Waals surface area contributed by atoms with Crippen LogP contribution in [0, 0.1) is 35.5 Å². The fraction of sp³-hybridized carbons (Fsp3) is 0.745. The summed E-state index contributed by atoms with van der Waals surface area (Å²) in [7, 11) is 4.41. The maximum absolute atomic E-state index is 14.4. The van der Waals surface area contributed by atoms with Crippen LogP contribution in [0.2, 0.25) is 0 Å². The zero-order valence-corrected chi connectivity index (χ0v) is 40.9. The Morgan fingerprint density at radius 3 is 2.23 bits per heavy atom. The molecule has 16 atom stereocenters. The molecule has 0 radical (unpaired) electrons. The molecule has 3 aliphatic heterocycles. The number of ether oxygens (including phenoxy) is 5. The van der Waals surface area contributed by atoms with Crippen LogP contribution in [0.3, 0.4) is 0 Å². The zero-order valence-electron chi connectivity index (χ0n) is 40.9. The van der Waals surface area contributed by atoms with E-state index in [1.54, 1.807) is 79.2 Å². The lowest BCUT2D eigenvalue weighted by Crippen LogP contribution is -2.61. The standard InChI is InChI=1S/C51H79NO14/c1-29-16-12-11-13-17-30(2)44(55)35(7)46(57)47(64-10)45(56)33(5)24-31(3)40(54)28-42(32(4)25-36-20-22-39(53)43(26-36)63-9)65-50(60)38-18-14-15-23-52(38)49(59)48(58)51(61)34(6)19-21-37(66-51)27-41(29)62-8/h11-13,16-17,24,30-32,34-39,41-45,47,53,55-56,61H,14-15,18-23,25-28H2,1-10H3/b12-11+,17-13+,29-16+,33-24+/t30-,31-,32-,34-,35-,36+,37+,38+,39-,41?,42+,43-,44?,45-,47?,51-/m1/s1. The van der Waals surface area contributed by atoms with Crippen LogP contribution >= 0.6 is 0 Å². The summed E-state index contributed by atoms with van der Waals surface area (Å²) in [5.41, 5.74) is 1.13. The van der Waals surface area contributed by atoms with Gasteiger partial charge in [0.05, 0.1) is 30.5 Å². The van der Waals surface area contributed by atoms with Crippen molar-refractivity contribution in [2.75, 3.05) is 27.9 Å². The second kappa shape index (κ2) is 25.3. The van der Waals surface area contributed by atoms with E-state index >= 15 is 0 Å². The number of hydrogen-bond donors (Lipinski definition) is 4. The number of hydrogen-bond acceptors (Lipinski definition) is 14. The molecule has 15 heteroatoms. The van der Waals surface area contributed by atoms with Crippen molar-refractivity contribution in [2.24, 2.45) is 35.5 Å². The molecule has 2 saturated heterocycles. The van der Waals surface area contributed by atoms with Gasteiger partial charge in [-0.15, -0.1) is 0 Å². The molecule has 66 heavy (non-hydrogen) atoms. The number of aliphatic hydroxyl groups excluding tert-OH is 3. The van der Waals surface area contributed by atoms with E-state index in [0.29, 0.717) is 56.9 Å². The molecule has 4 aliphatic rings. The number of nitrogens with zero attached hydrogens (tertiary/aromatic N) is 1. The van der Waals surface area contributed by atoms with E-state index in [2.05, 4.69) is 0 Å². The Morgan fingerprint density at radius 2 is 1.56 bits per heavy atom. The largest absolute Gasteiger partial charge is 0.460 e. The van der Waals surface area contributed by atoms with Crippen LogP contribution in [-0.4, -0.2) is 143 Å². The zero-order chi connectivity index (χ0) is 49.0. The second-order valence-corrected chi connectivity index (χ2v) is 19.6. The van der Waals surface area contributed by atoms with E-state index in [4.69, 9.17) is 23.7 Å². The number of allylic oxidation sites excluding steroid dienone is 5. The Morgan fingerprint density at radius 1 is 0.848 bits per heavy atom. The van der Waals surface area contributed by atoms with Gasteiger partial charge in [-0.25, -0.2) is 4.79 Å². The van der Waals surface area contributed by atoms with Crippen molar-refractivity contribution in [1.82, 2.24) is 4.90 Å². The maximum atomic E-state index is 14.4. The number of ketones is 3. The van der Waals surface area contributed by atoms with Crippen LogP contribution in [0.1, 0.15) is 119 Å². The number of Topliss-reactive ketones (excluding diaryl/α,β-unsaturated/α-hetero) is 3. The van der Waals surface area contributed by atoms with Gasteiger partial charge in [0.1, 0.15) is 30.1 Å². The smallest absolute Gasteiger partial charge is 0.329 e. The average molecular weight is 930 g/mol. The topological polar surface area (TPSA) is 216 Å². The van der Waals surface area contributed by atoms with Gasteiger partial charge in [-0.1, -0.05) is 71.1 Å². The number of methoxy groups -OCH3 is 3. The van der Waals surface area contributed by atoms with Crippen LogP contribution in [0.25, 0.3) is 0 Å². The molecule has 3 fully saturated rings. The third-order valence-corrected chi connectivity index (χ3v) is 14.7. The van der Waals surface area contributed by atoms with Crippen LogP contribution in [0.15, 0.2) is 47.6 Å². The predicted octanol–water partition coefficient (Wildman–Crippen LogP) is 5.15. The van der Waals surface area contributed by atoms with Crippen LogP contribution in [0.4, 0.5) is 0 Å². The normalized spacial score (nSPS) is 41.1. The van der Waals surface area contributed by atoms with Crippen molar-refractivity contribution in [3.05, 3.63) is 47.6 Å². The number of fused-ring (bicyclic) bond motifs is 3. The number of aliphatic hydroxyl groups is 4. The highest BCUT2D eigenvalue weighted by molar-refractivity contribution is 6.39. The number of piperidine rings is 1. The molecule has 3 heterocycles. The third kappa shape index (κ3) is 13.9. The SMILES string of the molecule is COC1C[C@@H]2CC[C@@H](C)[C@@](O)(O2)C(=O)C(=O)N2CCCC[C@H]2C(=O)O[C@H]([C@H](C)C[C@@H]2CC[C@@H](O)[C@H](OC)C2)CC(=O)[C@H](C)/C=C(\C)[C@@H](O)C(OC)C(=O)[C@H](C)C(O)[C@H](C)/C=C/C=C/C=C/1C. The molecule has 4 rings (SSSR count). The molecule has 1 amide bonds. The molecule has 15 nitrogen and oxygen atoms in total. The summed E-state index contributed by atoms with van der Waals surface area (Å²) in [6.45, 7) is 12.1. The number of amides is 1. The highest BCUT2D eigenvalue weighted by Crippen LogP contribution is 2.38. The summed E-state index contributed by atoms with van der Waals surface area (Å²) in [6, 6.07) is -1.16. The van der Waals surface area contributed by atoms with E-state index in [9.17, 15) is 44.4 Å². The maximum Gasteiger partial charge on any atom is 0.329 e. The first-order valence-electron chi connectivity index (χ1n) is 24.0. The Hall–Kier alpha value is -3.41. The fourth-order valence-electron chi connectivity index (χ4n) is 10.1. The van der Waals surface area contributed by atoms with E-state index in [1.165, 1.54) is 12.0 Å². The van der Waals surface area contributed by atoms with Crippen molar-refractivity contribution in [1.29, 1.82) is 0 Å². The molecule has 0 aromatic rings. The van der Waals surface area contributed by atoms with E-state index < -0.39 is 102 Å². The van der Waals surface area contributed by atoms with Gasteiger partial charge >= 0.3 is 5.97 Å². The van der Waals surface area contributed by atoms with Crippen LogP contribution < -0.4 is 0 Å². The predicted molar refractivity (Wildman–Crippen MR) is 247 cm³/mol. The monoisotopic (exact) mass is 930 g/mol. The summed E-state index contributed by atoms with van der Waals surface area (Å²) in [5.74, 6) is -9.41. The number of cyclic esters (lactones) is 1. The second-order valence-electron chi connectivity index (χ2n) is 19.6. The average Bonchev–Trinajstić information content (AvgIpc) is 3.30. The Labute approximate surface area is 392 Å². The van der Waals surface area contributed by atoms with Gasteiger partial charge in [0.25, 0.3) is 11.7 Å². The van der Waals surface area contributed by atoms with Crippen molar-refractivity contribution in [3.8, 4) is 0 Å².